The highest BCUT2D eigenvalue weighted by atomic mass is 16.5. The zero-order valence-corrected chi connectivity index (χ0v) is 30.8. The molecule has 0 saturated heterocycles. The molecule has 0 spiro atoms. The van der Waals surface area contributed by atoms with Crippen molar-refractivity contribution < 1.29 is 9.47 Å². The van der Waals surface area contributed by atoms with Crippen LogP contribution in [0.3, 0.4) is 0 Å². The molecular formula is C42H46N10O2. The molecule has 10 rings (SSSR count). The quantitative estimate of drug-likeness (QED) is 0.144. The first-order valence-corrected chi connectivity index (χ1v) is 19.3. The Labute approximate surface area is 313 Å². The van der Waals surface area contributed by atoms with E-state index in [4.69, 9.17) is 9.47 Å². The summed E-state index contributed by atoms with van der Waals surface area (Å²) in [6.45, 7) is 5.85. The molecule has 2 aromatic carbocycles. The van der Waals surface area contributed by atoms with Gasteiger partial charge in [0.05, 0.1) is 48.8 Å². The third-order valence-electron chi connectivity index (χ3n) is 11.6. The molecule has 2 aliphatic carbocycles. The van der Waals surface area contributed by atoms with Crippen molar-refractivity contribution in [1.29, 1.82) is 0 Å². The molecule has 0 aliphatic heterocycles. The molecule has 0 radical (unpaired) electrons. The largest absolute Gasteiger partial charge is 0.374 e. The molecule has 8 aromatic rings. The molecule has 6 heterocycles. The summed E-state index contributed by atoms with van der Waals surface area (Å²) >= 11 is 0. The average molecular weight is 723 g/mol. The molecule has 0 bridgehead atoms. The number of hydrogen-bond donors (Lipinski definition) is 2. The molecule has 12 nitrogen and oxygen atoms in total. The molecule has 12 heteroatoms. The first-order chi connectivity index (χ1) is 26.7. The minimum Gasteiger partial charge on any atom is -0.374 e. The molecule has 0 amide bonds. The van der Waals surface area contributed by atoms with Crippen molar-refractivity contribution in [1.82, 2.24) is 49.1 Å². The van der Waals surface area contributed by atoms with E-state index in [9.17, 15) is 0 Å². The van der Waals surface area contributed by atoms with Crippen molar-refractivity contribution in [3.63, 3.8) is 0 Å². The van der Waals surface area contributed by atoms with Gasteiger partial charge in [-0.15, -0.1) is 20.4 Å². The molecule has 2 saturated carbocycles. The number of aromatic nitrogens is 10. The molecule has 6 aromatic heterocycles. The second-order valence-electron chi connectivity index (χ2n) is 14.8. The summed E-state index contributed by atoms with van der Waals surface area (Å²) < 4.78 is 16.8. The van der Waals surface area contributed by atoms with Crippen LogP contribution in [0, 0.1) is 11.8 Å². The molecule has 276 valence electrons. The van der Waals surface area contributed by atoms with Crippen molar-refractivity contribution in [2.24, 2.45) is 11.8 Å². The Bertz CT molecular complexity index is 2280. The zero-order chi connectivity index (χ0) is 36.4. The SMILES string of the molecule is CC[C@@H]1C[C@H](OCc2ccccc2)C[C@@H]1c1nnc2cnc3[nH]ccc3n12.CC[C@H]1C[C@@H](OCc2ccccc2)C[C@H]1c1nnc2cnc3[nH]ccc3n12. The number of rotatable bonds is 10. The van der Waals surface area contributed by atoms with Crippen LogP contribution in [0.1, 0.15) is 87.0 Å². The van der Waals surface area contributed by atoms with Crippen molar-refractivity contribution in [3.05, 3.63) is 120 Å². The lowest BCUT2D eigenvalue weighted by Crippen LogP contribution is -2.10. The van der Waals surface area contributed by atoms with Crippen LogP contribution in [0.25, 0.3) is 33.6 Å². The van der Waals surface area contributed by atoms with Crippen LogP contribution in [-0.2, 0) is 22.7 Å². The van der Waals surface area contributed by atoms with Gasteiger partial charge in [-0.1, -0.05) is 87.4 Å². The van der Waals surface area contributed by atoms with Crippen LogP contribution in [0.5, 0.6) is 0 Å². The molecule has 2 N–H and O–H groups in total. The number of nitrogens with one attached hydrogen (secondary N) is 2. The fourth-order valence-electron chi connectivity index (χ4n) is 8.81. The van der Waals surface area contributed by atoms with Gasteiger partial charge in [0, 0.05) is 24.2 Å². The monoisotopic (exact) mass is 722 g/mol. The first kappa shape index (κ1) is 34.3. The predicted molar refractivity (Wildman–Crippen MR) is 207 cm³/mol. The highest BCUT2D eigenvalue weighted by Gasteiger charge is 2.39. The first-order valence-electron chi connectivity index (χ1n) is 19.3. The van der Waals surface area contributed by atoms with Crippen LogP contribution >= 0.6 is 0 Å². The normalized spacial score (nSPS) is 22.8. The van der Waals surface area contributed by atoms with Gasteiger partial charge >= 0.3 is 0 Å². The van der Waals surface area contributed by atoms with Gasteiger partial charge in [-0.25, -0.2) is 9.97 Å². The topological polar surface area (TPSA) is 136 Å². The second-order valence-corrected chi connectivity index (χ2v) is 14.8. The second kappa shape index (κ2) is 15.1. The van der Waals surface area contributed by atoms with E-state index in [-0.39, 0.29) is 12.2 Å². The van der Waals surface area contributed by atoms with Crippen molar-refractivity contribution in [2.45, 2.75) is 89.6 Å². The molecule has 2 aliphatic rings. The highest BCUT2D eigenvalue weighted by molar-refractivity contribution is 5.75. The van der Waals surface area contributed by atoms with E-state index in [2.05, 4.69) is 112 Å². The smallest absolute Gasteiger partial charge is 0.179 e. The number of H-pyrrole nitrogens is 2. The number of nitrogens with zero attached hydrogens (tertiary/aromatic N) is 8. The Morgan fingerprint density at radius 3 is 1.44 bits per heavy atom. The van der Waals surface area contributed by atoms with Gasteiger partial charge in [0.25, 0.3) is 0 Å². The molecule has 6 atom stereocenters. The van der Waals surface area contributed by atoms with Gasteiger partial charge in [-0.2, -0.15) is 0 Å². The Morgan fingerprint density at radius 1 is 0.574 bits per heavy atom. The van der Waals surface area contributed by atoms with Crippen LogP contribution in [0.4, 0.5) is 0 Å². The Kier molecular flexibility index (Phi) is 9.60. The Balaban J connectivity index is 0.000000142. The lowest BCUT2D eigenvalue weighted by atomic mass is 9.93. The summed E-state index contributed by atoms with van der Waals surface area (Å²) in [6, 6.07) is 24.9. The van der Waals surface area contributed by atoms with Crippen molar-refractivity contribution in [2.75, 3.05) is 0 Å². The summed E-state index contributed by atoms with van der Waals surface area (Å²) in [7, 11) is 0. The average Bonchev–Trinajstić information content (AvgIpc) is 4.07. The minimum atomic E-state index is 0.260. The summed E-state index contributed by atoms with van der Waals surface area (Å²) in [5.41, 5.74) is 7.87. The molecule has 2 fully saturated rings. The van der Waals surface area contributed by atoms with E-state index in [0.29, 0.717) is 36.9 Å². The highest BCUT2D eigenvalue weighted by Crippen LogP contribution is 2.44. The van der Waals surface area contributed by atoms with E-state index < -0.39 is 0 Å². The number of aromatic amines is 2. The van der Waals surface area contributed by atoms with E-state index in [1.807, 2.05) is 36.7 Å². The third kappa shape index (κ3) is 6.64. The van der Waals surface area contributed by atoms with E-state index >= 15 is 0 Å². The maximum absolute atomic E-state index is 6.26. The summed E-state index contributed by atoms with van der Waals surface area (Å²) in [5.74, 6) is 3.89. The fraction of sp³-hybridized carbons (Fsp3) is 0.381. The van der Waals surface area contributed by atoms with Gasteiger partial charge in [0.15, 0.2) is 22.6 Å². The number of ether oxygens (including phenoxy) is 2. The molecular weight excluding hydrogens is 677 g/mol. The summed E-state index contributed by atoms with van der Waals surface area (Å²) in [5, 5.41) is 17.9. The van der Waals surface area contributed by atoms with Crippen molar-refractivity contribution in [3.8, 4) is 0 Å². The van der Waals surface area contributed by atoms with Crippen LogP contribution in [-0.4, -0.2) is 61.3 Å². The van der Waals surface area contributed by atoms with Crippen LogP contribution in [0.15, 0.2) is 97.6 Å². The van der Waals surface area contributed by atoms with E-state index in [1.54, 1.807) is 12.4 Å². The number of benzene rings is 2. The van der Waals surface area contributed by atoms with Crippen molar-refractivity contribution >= 4 is 33.6 Å². The molecule has 54 heavy (non-hydrogen) atoms. The number of fused-ring (bicyclic) bond motifs is 6. The summed E-state index contributed by atoms with van der Waals surface area (Å²) in [6.07, 6.45) is 14.3. The summed E-state index contributed by atoms with van der Waals surface area (Å²) in [4.78, 5) is 15.2. The van der Waals surface area contributed by atoms with Gasteiger partial charge < -0.3 is 19.4 Å². The maximum Gasteiger partial charge on any atom is 0.179 e. The Hall–Kier alpha value is -5.46. The van der Waals surface area contributed by atoms with Crippen LogP contribution in [0.2, 0.25) is 0 Å². The zero-order valence-electron chi connectivity index (χ0n) is 30.8. The third-order valence-corrected chi connectivity index (χ3v) is 11.6. The van der Waals surface area contributed by atoms with Gasteiger partial charge in [0.2, 0.25) is 0 Å². The minimum absolute atomic E-state index is 0.260. The van der Waals surface area contributed by atoms with E-state index in [0.717, 1.165) is 83.8 Å². The standard InChI is InChI=1S/2C21H23N5O/c2*1-2-15-10-16(27-13-14-6-4-3-5-7-14)11-17(15)21-25-24-19-12-23-20-18(26(19)21)8-9-22-20/h2*3-9,12,15-17,22H,2,10-11,13H2,1H3/t2*15-,16+,17+/m10/s1. The molecule has 0 unspecified atom stereocenters. The predicted octanol–water partition coefficient (Wildman–Crippen LogP) is 8.19. The van der Waals surface area contributed by atoms with Gasteiger partial charge in [0.1, 0.15) is 11.6 Å². The fourth-order valence-corrected chi connectivity index (χ4v) is 8.81. The van der Waals surface area contributed by atoms with Gasteiger partial charge in [-0.3, -0.25) is 8.80 Å². The lowest BCUT2D eigenvalue weighted by molar-refractivity contribution is 0.0421. The Morgan fingerprint density at radius 2 is 1.02 bits per heavy atom. The van der Waals surface area contributed by atoms with Gasteiger partial charge in [-0.05, 0) is 60.8 Å². The lowest BCUT2D eigenvalue weighted by Gasteiger charge is -2.15. The van der Waals surface area contributed by atoms with E-state index in [1.165, 1.54) is 11.1 Å². The maximum atomic E-state index is 6.26. The number of hydrogen-bond acceptors (Lipinski definition) is 8. The van der Waals surface area contributed by atoms with Crippen LogP contribution < -0.4 is 0 Å².